The van der Waals surface area contributed by atoms with E-state index in [1.807, 2.05) is 37.3 Å². The number of carbonyl (C=O) groups is 1. The average molecular weight is 363 g/mol. The SMILES string of the molecule is CCOc1ccc(CCNC(=O)NCc2ccc(Cl)cc2)cc1OC. The number of carbonyl (C=O) groups excluding carboxylic acids is 1. The van der Waals surface area contributed by atoms with Crippen LogP contribution in [0.4, 0.5) is 4.79 Å². The number of urea groups is 1. The van der Waals surface area contributed by atoms with E-state index in [2.05, 4.69) is 10.6 Å². The first kappa shape index (κ1) is 18.9. The van der Waals surface area contributed by atoms with E-state index in [9.17, 15) is 4.79 Å². The van der Waals surface area contributed by atoms with Crippen molar-refractivity contribution < 1.29 is 14.3 Å². The minimum Gasteiger partial charge on any atom is -0.493 e. The van der Waals surface area contributed by atoms with Crippen LogP contribution in [0.5, 0.6) is 11.5 Å². The lowest BCUT2D eigenvalue weighted by atomic mass is 10.1. The van der Waals surface area contributed by atoms with Crippen LogP contribution >= 0.6 is 11.6 Å². The highest BCUT2D eigenvalue weighted by Crippen LogP contribution is 2.28. The predicted molar refractivity (Wildman–Crippen MR) is 99.6 cm³/mol. The average Bonchev–Trinajstić information content (AvgIpc) is 2.62. The van der Waals surface area contributed by atoms with Crippen molar-refractivity contribution >= 4 is 17.6 Å². The molecule has 2 aromatic rings. The fourth-order valence-electron chi connectivity index (χ4n) is 2.31. The first-order valence-corrected chi connectivity index (χ1v) is 8.56. The molecule has 6 heteroatoms. The monoisotopic (exact) mass is 362 g/mol. The van der Waals surface area contributed by atoms with Crippen molar-refractivity contribution in [2.45, 2.75) is 19.9 Å². The zero-order valence-corrected chi connectivity index (χ0v) is 15.2. The van der Waals surface area contributed by atoms with E-state index >= 15 is 0 Å². The molecule has 0 unspecified atom stereocenters. The number of hydrogen-bond acceptors (Lipinski definition) is 3. The molecular formula is C19H23ClN2O3. The Morgan fingerprint density at radius 3 is 2.44 bits per heavy atom. The number of methoxy groups -OCH3 is 1. The summed E-state index contributed by atoms with van der Waals surface area (Å²) in [5.74, 6) is 1.42. The molecule has 2 amide bonds. The van der Waals surface area contributed by atoms with Gasteiger partial charge in [-0.1, -0.05) is 29.8 Å². The number of rotatable bonds is 8. The summed E-state index contributed by atoms with van der Waals surface area (Å²) < 4.78 is 10.8. The number of ether oxygens (including phenoxy) is 2. The molecule has 0 saturated carbocycles. The van der Waals surface area contributed by atoms with Crippen LogP contribution in [0.1, 0.15) is 18.1 Å². The van der Waals surface area contributed by atoms with E-state index < -0.39 is 0 Å². The fraction of sp³-hybridized carbons (Fsp3) is 0.316. The van der Waals surface area contributed by atoms with Crippen molar-refractivity contribution in [3.63, 3.8) is 0 Å². The third kappa shape index (κ3) is 6.19. The highest BCUT2D eigenvalue weighted by molar-refractivity contribution is 6.30. The highest BCUT2D eigenvalue weighted by atomic mass is 35.5. The van der Waals surface area contributed by atoms with Crippen molar-refractivity contribution in [2.24, 2.45) is 0 Å². The van der Waals surface area contributed by atoms with Crippen LogP contribution in [0.3, 0.4) is 0 Å². The Morgan fingerprint density at radius 1 is 1.04 bits per heavy atom. The van der Waals surface area contributed by atoms with Crippen molar-refractivity contribution in [3.05, 3.63) is 58.6 Å². The molecule has 0 heterocycles. The summed E-state index contributed by atoms with van der Waals surface area (Å²) in [6.07, 6.45) is 0.705. The smallest absolute Gasteiger partial charge is 0.315 e. The van der Waals surface area contributed by atoms with Gasteiger partial charge in [-0.2, -0.15) is 0 Å². The lowest BCUT2D eigenvalue weighted by Gasteiger charge is -2.11. The van der Waals surface area contributed by atoms with Crippen LogP contribution in [0, 0.1) is 0 Å². The molecule has 0 bridgehead atoms. The Balaban J connectivity index is 1.76. The van der Waals surface area contributed by atoms with E-state index in [1.165, 1.54) is 0 Å². The Kier molecular flexibility index (Phi) is 7.41. The van der Waals surface area contributed by atoms with Crippen LogP contribution in [0.25, 0.3) is 0 Å². The van der Waals surface area contributed by atoms with Gasteiger partial charge in [0.1, 0.15) is 0 Å². The van der Waals surface area contributed by atoms with Gasteiger partial charge in [0.15, 0.2) is 11.5 Å². The number of amides is 2. The van der Waals surface area contributed by atoms with Crippen LogP contribution in [0.15, 0.2) is 42.5 Å². The Bertz CT molecular complexity index is 690. The second-order valence-corrected chi connectivity index (χ2v) is 5.84. The normalized spacial score (nSPS) is 10.2. The summed E-state index contributed by atoms with van der Waals surface area (Å²) in [5, 5.41) is 6.34. The van der Waals surface area contributed by atoms with Gasteiger partial charge in [-0.25, -0.2) is 4.79 Å². The molecule has 0 spiro atoms. The minimum absolute atomic E-state index is 0.201. The number of halogens is 1. The van der Waals surface area contributed by atoms with Gasteiger partial charge in [0.25, 0.3) is 0 Å². The summed E-state index contributed by atoms with van der Waals surface area (Å²) in [6.45, 7) is 3.51. The maximum Gasteiger partial charge on any atom is 0.315 e. The van der Waals surface area contributed by atoms with Crippen molar-refractivity contribution in [1.29, 1.82) is 0 Å². The zero-order chi connectivity index (χ0) is 18.1. The standard InChI is InChI=1S/C19H23ClN2O3/c1-3-25-17-9-6-14(12-18(17)24-2)10-11-21-19(23)22-13-15-4-7-16(20)8-5-15/h4-9,12H,3,10-11,13H2,1-2H3,(H2,21,22,23). The minimum atomic E-state index is -0.201. The molecule has 0 aliphatic rings. The van der Waals surface area contributed by atoms with Gasteiger partial charge in [-0.15, -0.1) is 0 Å². The highest BCUT2D eigenvalue weighted by Gasteiger charge is 2.06. The number of hydrogen-bond donors (Lipinski definition) is 2. The lowest BCUT2D eigenvalue weighted by Crippen LogP contribution is -2.36. The van der Waals surface area contributed by atoms with Crippen LogP contribution < -0.4 is 20.1 Å². The number of nitrogens with one attached hydrogen (secondary N) is 2. The molecule has 0 fully saturated rings. The Labute approximate surface area is 153 Å². The summed E-state index contributed by atoms with van der Waals surface area (Å²) in [5.41, 5.74) is 2.06. The van der Waals surface area contributed by atoms with E-state index in [0.717, 1.165) is 16.9 Å². The van der Waals surface area contributed by atoms with Gasteiger partial charge in [0.05, 0.1) is 13.7 Å². The summed E-state index contributed by atoms with van der Waals surface area (Å²) in [4.78, 5) is 11.8. The topological polar surface area (TPSA) is 59.6 Å². The molecule has 25 heavy (non-hydrogen) atoms. The summed E-state index contributed by atoms with van der Waals surface area (Å²) >= 11 is 5.83. The second kappa shape index (κ2) is 9.79. The molecular weight excluding hydrogens is 340 g/mol. The Hall–Kier alpha value is -2.40. The molecule has 2 aromatic carbocycles. The first-order chi connectivity index (χ1) is 12.1. The second-order valence-electron chi connectivity index (χ2n) is 5.40. The number of benzene rings is 2. The molecule has 0 aliphatic carbocycles. The Morgan fingerprint density at radius 2 is 1.76 bits per heavy atom. The summed E-state index contributed by atoms with van der Waals surface area (Å²) in [6, 6.07) is 13.0. The van der Waals surface area contributed by atoms with Crippen molar-refractivity contribution in [1.82, 2.24) is 10.6 Å². The van der Waals surface area contributed by atoms with E-state index in [4.69, 9.17) is 21.1 Å². The van der Waals surface area contributed by atoms with Crippen molar-refractivity contribution in [3.8, 4) is 11.5 Å². The molecule has 0 atom stereocenters. The fourth-order valence-corrected chi connectivity index (χ4v) is 2.44. The van der Waals surface area contributed by atoms with E-state index in [0.29, 0.717) is 36.9 Å². The van der Waals surface area contributed by atoms with Gasteiger partial charge >= 0.3 is 6.03 Å². The third-order valence-corrected chi connectivity index (χ3v) is 3.85. The maximum atomic E-state index is 11.8. The van der Waals surface area contributed by atoms with E-state index in [1.54, 1.807) is 19.2 Å². The van der Waals surface area contributed by atoms with Gasteiger partial charge in [0, 0.05) is 18.1 Å². The predicted octanol–water partition coefficient (Wildman–Crippen LogP) is 3.79. The van der Waals surface area contributed by atoms with Gasteiger partial charge < -0.3 is 20.1 Å². The van der Waals surface area contributed by atoms with Gasteiger partial charge in [-0.3, -0.25) is 0 Å². The molecule has 5 nitrogen and oxygen atoms in total. The van der Waals surface area contributed by atoms with E-state index in [-0.39, 0.29) is 6.03 Å². The lowest BCUT2D eigenvalue weighted by molar-refractivity contribution is 0.240. The molecule has 2 rings (SSSR count). The van der Waals surface area contributed by atoms with Crippen LogP contribution in [0.2, 0.25) is 5.02 Å². The van der Waals surface area contributed by atoms with Crippen LogP contribution in [-0.2, 0) is 13.0 Å². The van der Waals surface area contributed by atoms with Gasteiger partial charge in [-0.05, 0) is 48.7 Å². The summed E-state index contributed by atoms with van der Waals surface area (Å²) in [7, 11) is 1.62. The molecule has 0 aromatic heterocycles. The molecule has 0 radical (unpaired) electrons. The molecule has 0 aliphatic heterocycles. The quantitative estimate of drug-likeness (QED) is 0.751. The zero-order valence-electron chi connectivity index (χ0n) is 14.5. The molecule has 134 valence electrons. The maximum absolute atomic E-state index is 11.8. The molecule has 2 N–H and O–H groups in total. The first-order valence-electron chi connectivity index (χ1n) is 8.18. The largest absolute Gasteiger partial charge is 0.493 e. The van der Waals surface area contributed by atoms with Crippen LogP contribution in [-0.4, -0.2) is 26.3 Å². The van der Waals surface area contributed by atoms with Crippen molar-refractivity contribution in [2.75, 3.05) is 20.3 Å². The molecule has 0 saturated heterocycles. The third-order valence-electron chi connectivity index (χ3n) is 3.59. The van der Waals surface area contributed by atoms with Gasteiger partial charge in [0.2, 0.25) is 0 Å².